The van der Waals surface area contributed by atoms with E-state index in [-0.39, 0.29) is 17.9 Å². The van der Waals surface area contributed by atoms with Crippen molar-refractivity contribution in [2.24, 2.45) is 0 Å². The Kier molecular flexibility index (Phi) is 5.52. The van der Waals surface area contributed by atoms with Gasteiger partial charge in [-0.15, -0.1) is 0 Å². The highest BCUT2D eigenvalue weighted by molar-refractivity contribution is 6.31. The first kappa shape index (κ1) is 19.4. The maximum atomic E-state index is 12.7. The quantitative estimate of drug-likeness (QED) is 0.750. The van der Waals surface area contributed by atoms with E-state index in [1.54, 1.807) is 13.2 Å². The normalized spacial score (nSPS) is 11.5. The average molecular weight is 363 g/mol. The van der Waals surface area contributed by atoms with Gasteiger partial charge in [-0.1, -0.05) is 11.6 Å². The van der Waals surface area contributed by atoms with E-state index in [0.717, 1.165) is 28.2 Å². The van der Waals surface area contributed by atoms with Gasteiger partial charge in [0.25, 0.3) is 0 Å². The predicted molar refractivity (Wildman–Crippen MR) is 104 cm³/mol. The highest BCUT2D eigenvalue weighted by Crippen LogP contribution is 2.31. The van der Waals surface area contributed by atoms with Gasteiger partial charge >= 0.3 is 0 Å². The van der Waals surface area contributed by atoms with E-state index in [9.17, 15) is 4.79 Å². The molecule has 1 N–H and O–H groups in total. The summed E-state index contributed by atoms with van der Waals surface area (Å²) in [4.78, 5) is 12.7. The van der Waals surface area contributed by atoms with Crippen LogP contribution >= 0.6 is 11.6 Å². The van der Waals surface area contributed by atoms with E-state index in [1.807, 2.05) is 32.9 Å². The summed E-state index contributed by atoms with van der Waals surface area (Å²) in [6, 6.07) is 5.62. The Balaban J connectivity index is 2.24. The van der Waals surface area contributed by atoms with Crippen molar-refractivity contribution in [1.82, 2.24) is 4.57 Å². The lowest BCUT2D eigenvalue weighted by Crippen LogP contribution is -2.24. The SMILES string of the molecule is COc1cc(Cl)c(C)cc1NCC(=O)c1cc(C)n(C(C)(C)C)c1C. The second-order valence-electron chi connectivity index (χ2n) is 7.37. The first-order valence-electron chi connectivity index (χ1n) is 8.37. The van der Waals surface area contributed by atoms with Crippen molar-refractivity contribution in [1.29, 1.82) is 0 Å². The molecule has 0 unspecified atom stereocenters. The summed E-state index contributed by atoms with van der Waals surface area (Å²) in [5.74, 6) is 0.682. The molecular weight excluding hydrogens is 336 g/mol. The summed E-state index contributed by atoms with van der Waals surface area (Å²) in [7, 11) is 1.59. The van der Waals surface area contributed by atoms with Crippen molar-refractivity contribution in [3.05, 3.63) is 45.7 Å². The maximum absolute atomic E-state index is 12.7. The number of aryl methyl sites for hydroxylation is 2. The molecule has 0 bridgehead atoms. The van der Waals surface area contributed by atoms with Crippen LogP contribution in [0.5, 0.6) is 5.75 Å². The molecule has 2 aromatic rings. The highest BCUT2D eigenvalue weighted by atomic mass is 35.5. The van der Waals surface area contributed by atoms with Crippen molar-refractivity contribution < 1.29 is 9.53 Å². The number of ketones is 1. The number of carbonyl (C=O) groups excluding carboxylic acids is 1. The van der Waals surface area contributed by atoms with Crippen molar-refractivity contribution in [3.63, 3.8) is 0 Å². The van der Waals surface area contributed by atoms with Gasteiger partial charge < -0.3 is 14.6 Å². The molecule has 0 aliphatic carbocycles. The molecule has 0 radical (unpaired) electrons. The summed E-state index contributed by atoms with van der Waals surface area (Å²) >= 11 is 6.13. The Bertz CT molecular complexity index is 801. The first-order chi connectivity index (χ1) is 11.6. The minimum absolute atomic E-state index is 0.0539. The standard InChI is InChI=1S/C20H27ClN2O2/c1-12-8-17(19(25-7)10-16(12)21)22-11-18(24)15-9-13(2)23(14(15)3)20(4,5)6/h8-10,22H,11H2,1-7H3. The minimum atomic E-state index is -0.0589. The van der Waals surface area contributed by atoms with E-state index < -0.39 is 0 Å². The molecule has 1 aromatic carbocycles. The van der Waals surface area contributed by atoms with Crippen LogP contribution in [-0.4, -0.2) is 24.0 Å². The Morgan fingerprint density at radius 1 is 1.20 bits per heavy atom. The molecular formula is C20H27ClN2O2. The van der Waals surface area contributed by atoms with Gasteiger partial charge in [0.05, 0.1) is 19.3 Å². The molecule has 0 aliphatic heterocycles. The number of nitrogens with zero attached hydrogens (tertiary/aromatic N) is 1. The maximum Gasteiger partial charge on any atom is 0.183 e. The zero-order valence-corrected chi connectivity index (χ0v) is 16.8. The van der Waals surface area contributed by atoms with Crippen LogP contribution in [0, 0.1) is 20.8 Å². The Labute approximate surface area is 155 Å². The van der Waals surface area contributed by atoms with Gasteiger partial charge in [0, 0.05) is 33.6 Å². The Morgan fingerprint density at radius 3 is 2.36 bits per heavy atom. The van der Waals surface area contributed by atoms with E-state index >= 15 is 0 Å². The molecule has 0 saturated heterocycles. The fourth-order valence-corrected chi connectivity index (χ4v) is 3.47. The number of halogens is 1. The van der Waals surface area contributed by atoms with Crippen LogP contribution in [0.15, 0.2) is 18.2 Å². The largest absolute Gasteiger partial charge is 0.495 e. The summed E-state index contributed by atoms with van der Waals surface area (Å²) < 4.78 is 7.55. The number of hydrogen-bond acceptors (Lipinski definition) is 3. The molecule has 0 spiro atoms. The van der Waals surface area contributed by atoms with E-state index in [4.69, 9.17) is 16.3 Å². The summed E-state index contributed by atoms with van der Waals surface area (Å²) in [6.45, 7) is 12.6. The van der Waals surface area contributed by atoms with Gasteiger partial charge in [-0.2, -0.15) is 0 Å². The molecule has 1 aromatic heterocycles. The number of hydrogen-bond donors (Lipinski definition) is 1. The molecule has 5 heteroatoms. The number of aromatic nitrogens is 1. The summed E-state index contributed by atoms with van der Waals surface area (Å²) in [6.07, 6.45) is 0. The minimum Gasteiger partial charge on any atom is -0.495 e. The Morgan fingerprint density at radius 2 is 1.84 bits per heavy atom. The van der Waals surface area contributed by atoms with Crippen molar-refractivity contribution in [2.75, 3.05) is 19.0 Å². The summed E-state index contributed by atoms with van der Waals surface area (Å²) in [5.41, 5.74) is 4.48. The predicted octanol–water partition coefficient (Wildman–Crippen LogP) is 5.13. The third kappa shape index (κ3) is 4.01. The second-order valence-corrected chi connectivity index (χ2v) is 7.78. The van der Waals surface area contributed by atoms with Crippen LogP contribution in [0.3, 0.4) is 0 Å². The lowest BCUT2D eigenvalue weighted by Gasteiger charge is -2.25. The van der Waals surface area contributed by atoms with Crippen molar-refractivity contribution >= 4 is 23.1 Å². The fraction of sp³-hybridized carbons (Fsp3) is 0.450. The van der Waals surface area contributed by atoms with Crippen LogP contribution in [0.2, 0.25) is 5.02 Å². The topological polar surface area (TPSA) is 43.3 Å². The van der Waals surface area contributed by atoms with Crippen LogP contribution in [0.4, 0.5) is 5.69 Å². The second kappa shape index (κ2) is 7.12. The fourth-order valence-electron chi connectivity index (χ4n) is 3.32. The number of methoxy groups -OCH3 is 1. The van der Waals surface area contributed by atoms with Gasteiger partial charge in [-0.25, -0.2) is 0 Å². The van der Waals surface area contributed by atoms with Gasteiger partial charge in [0.2, 0.25) is 0 Å². The number of Topliss-reactive ketones (excluding diaryl/α,β-unsaturated/α-hetero) is 1. The monoisotopic (exact) mass is 362 g/mol. The molecule has 0 fully saturated rings. The van der Waals surface area contributed by atoms with E-state index in [1.165, 1.54) is 0 Å². The van der Waals surface area contributed by atoms with Gasteiger partial charge in [-0.3, -0.25) is 4.79 Å². The molecule has 4 nitrogen and oxygen atoms in total. The van der Waals surface area contributed by atoms with Gasteiger partial charge in [0.1, 0.15) is 5.75 Å². The molecule has 2 rings (SSSR count). The molecule has 0 saturated carbocycles. The number of ether oxygens (including phenoxy) is 1. The number of anilines is 1. The third-order valence-corrected chi connectivity index (χ3v) is 4.73. The molecule has 1 heterocycles. The highest BCUT2D eigenvalue weighted by Gasteiger charge is 2.22. The van der Waals surface area contributed by atoms with Crippen LogP contribution < -0.4 is 10.1 Å². The molecule has 0 aliphatic rings. The number of rotatable bonds is 5. The number of nitrogens with one attached hydrogen (secondary N) is 1. The number of benzene rings is 1. The lowest BCUT2D eigenvalue weighted by molar-refractivity contribution is 0.100. The van der Waals surface area contributed by atoms with Crippen LogP contribution in [0.25, 0.3) is 0 Å². The summed E-state index contributed by atoms with van der Waals surface area (Å²) in [5, 5.41) is 3.82. The zero-order chi connectivity index (χ0) is 18.9. The van der Waals surface area contributed by atoms with Crippen LogP contribution in [-0.2, 0) is 5.54 Å². The smallest absolute Gasteiger partial charge is 0.183 e. The van der Waals surface area contributed by atoms with Gasteiger partial charge in [0.15, 0.2) is 5.78 Å². The first-order valence-corrected chi connectivity index (χ1v) is 8.74. The van der Waals surface area contributed by atoms with Gasteiger partial charge in [-0.05, 0) is 59.2 Å². The molecule has 0 atom stereocenters. The number of carbonyl (C=O) groups is 1. The molecule has 136 valence electrons. The van der Waals surface area contributed by atoms with E-state index in [0.29, 0.717) is 10.8 Å². The molecule has 25 heavy (non-hydrogen) atoms. The molecule has 0 amide bonds. The zero-order valence-electron chi connectivity index (χ0n) is 16.1. The van der Waals surface area contributed by atoms with Crippen molar-refractivity contribution in [2.45, 2.75) is 47.1 Å². The third-order valence-electron chi connectivity index (χ3n) is 4.32. The average Bonchev–Trinajstić information content (AvgIpc) is 2.82. The Hall–Kier alpha value is -1.94. The van der Waals surface area contributed by atoms with Crippen molar-refractivity contribution in [3.8, 4) is 5.75 Å². The van der Waals surface area contributed by atoms with Crippen LogP contribution in [0.1, 0.15) is 48.1 Å². The van der Waals surface area contributed by atoms with E-state index in [2.05, 4.69) is 30.7 Å². The lowest BCUT2D eigenvalue weighted by atomic mass is 10.1.